The molecule has 0 amide bonds. The van der Waals surface area contributed by atoms with E-state index in [1.165, 1.54) is 0 Å². The van der Waals surface area contributed by atoms with Crippen LogP contribution in [0, 0.1) is 16.0 Å². The largest absolute Gasteiger partial charge is 0.459 e. The van der Waals surface area contributed by atoms with Crippen LogP contribution in [0.25, 0.3) is 0 Å². The van der Waals surface area contributed by atoms with Crippen LogP contribution in [-0.2, 0) is 9.53 Å². The van der Waals surface area contributed by atoms with Crippen LogP contribution in [0.4, 0.5) is 35.1 Å². The quantitative estimate of drug-likeness (QED) is 0.307. The van der Waals surface area contributed by atoms with Gasteiger partial charge in [-0.3, -0.25) is 14.9 Å². The molecule has 1 saturated carbocycles. The Hall–Kier alpha value is -1.69. The van der Waals surface area contributed by atoms with Gasteiger partial charge in [-0.2, -0.15) is 26.3 Å². The number of hydrogen-bond donors (Lipinski definition) is 0. The molecule has 0 bridgehead atoms. The summed E-state index contributed by atoms with van der Waals surface area (Å²) >= 11 is 0. The molecule has 0 aromatic carbocycles. The van der Waals surface area contributed by atoms with Crippen LogP contribution in [0.5, 0.6) is 0 Å². The summed E-state index contributed by atoms with van der Waals surface area (Å²) in [5.74, 6) is -21.8. The lowest BCUT2D eigenvalue weighted by Gasteiger charge is -2.31. The second-order valence-corrected chi connectivity index (χ2v) is 4.51. The van der Waals surface area contributed by atoms with Gasteiger partial charge >= 0.3 is 30.2 Å². The van der Waals surface area contributed by atoms with Gasteiger partial charge in [0.15, 0.2) is 6.61 Å². The minimum absolute atomic E-state index is 0.388. The van der Waals surface area contributed by atoms with Gasteiger partial charge in [0.25, 0.3) is 0 Å². The monoisotopic (exact) mass is 345 g/mol. The molecule has 0 spiro atoms. The lowest BCUT2D eigenvalue weighted by Crippen LogP contribution is -2.59. The van der Waals surface area contributed by atoms with Crippen LogP contribution in [-0.4, -0.2) is 47.7 Å². The van der Waals surface area contributed by atoms with E-state index in [1.807, 2.05) is 0 Å². The number of esters is 1. The number of carbonyl (C=O) groups excluding carboxylic acids is 1. The Bertz CT molecular complexity index is 469. The fraction of sp³-hybridized carbons (Fsp3) is 0.889. The Morgan fingerprint density at radius 1 is 1.23 bits per heavy atom. The minimum Gasteiger partial charge on any atom is -0.459 e. The van der Waals surface area contributed by atoms with E-state index in [0.29, 0.717) is 0 Å². The Kier molecular flexibility index (Phi) is 4.59. The van der Waals surface area contributed by atoms with Crippen LogP contribution in [0.1, 0.15) is 6.42 Å². The van der Waals surface area contributed by atoms with E-state index >= 15 is 0 Å². The number of alkyl halides is 8. The van der Waals surface area contributed by atoms with Gasteiger partial charge < -0.3 is 4.74 Å². The Balaban J connectivity index is 2.71. The first-order chi connectivity index (χ1) is 9.75. The maximum Gasteiger partial charge on any atom is 0.381 e. The zero-order valence-corrected chi connectivity index (χ0v) is 10.3. The zero-order valence-electron chi connectivity index (χ0n) is 10.3. The third-order valence-corrected chi connectivity index (χ3v) is 2.88. The highest BCUT2D eigenvalue weighted by Gasteiger charge is 2.75. The second-order valence-electron chi connectivity index (χ2n) is 4.51. The summed E-state index contributed by atoms with van der Waals surface area (Å²) in [4.78, 5) is 20.3. The Morgan fingerprint density at radius 3 is 2.09 bits per heavy atom. The first-order valence-corrected chi connectivity index (χ1v) is 5.47. The predicted octanol–water partition coefficient (Wildman–Crippen LogP) is 2.37. The van der Waals surface area contributed by atoms with Gasteiger partial charge in [-0.1, -0.05) is 0 Å². The molecule has 0 aliphatic heterocycles. The molecule has 0 saturated heterocycles. The number of ether oxygens (including phenoxy) is 1. The molecule has 5 nitrogen and oxygen atoms in total. The fourth-order valence-electron chi connectivity index (χ4n) is 1.41. The van der Waals surface area contributed by atoms with E-state index in [9.17, 15) is 50.0 Å². The summed E-state index contributed by atoms with van der Waals surface area (Å²) < 4.78 is 104. The van der Waals surface area contributed by atoms with Crippen molar-refractivity contribution in [2.45, 2.75) is 36.7 Å². The van der Waals surface area contributed by atoms with E-state index in [-0.39, 0.29) is 6.42 Å². The van der Waals surface area contributed by atoms with Crippen molar-refractivity contribution in [3.8, 4) is 0 Å². The number of nitro groups is 1. The molecule has 128 valence electrons. The van der Waals surface area contributed by atoms with Crippen molar-refractivity contribution in [3.63, 3.8) is 0 Å². The predicted molar refractivity (Wildman–Crippen MR) is 50.7 cm³/mol. The molecule has 22 heavy (non-hydrogen) atoms. The van der Waals surface area contributed by atoms with E-state index in [0.717, 1.165) is 0 Å². The molecule has 0 aromatic heterocycles. The molecule has 0 heterocycles. The second kappa shape index (κ2) is 5.50. The van der Waals surface area contributed by atoms with Crippen molar-refractivity contribution >= 4 is 5.97 Å². The lowest BCUT2D eigenvalue weighted by atomic mass is 10.1. The van der Waals surface area contributed by atoms with Crippen LogP contribution < -0.4 is 0 Å². The lowest BCUT2D eigenvalue weighted by molar-refractivity contribution is -0.497. The van der Waals surface area contributed by atoms with Crippen molar-refractivity contribution in [1.82, 2.24) is 0 Å². The van der Waals surface area contributed by atoms with Gasteiger partial charge in [0.2, 0.25) is 6.04 Å². The van der Waals surface area contributed by atoms with Gasteiger partial charge in [-0.15, -0.1) is 0 Å². The summed E-state index contributed by atoms with van der Waals surface area (Å²) in [6.07, 6.45) is -5.47. The summed E-state index contributed by atoms with van der Waals surface area (Å²) in [7, 11) is 0. The van der Waals surface area contributed by atoms with Crippen LogP contribution in [0.15, 0.2) is 0 Å². The SMILES string of the molecule is O=C(OCC(F)(F)C(F)(F)C(F)(F)C(F)F)[C@@H]1C[C@H]1[N+](=O)[O-]. The smallest absolute Gasteiger partial charge is 0.381 e. The number of halogens is 8. The van der Waals surface area contributed by atoms with Gasteiger partial charge in [0.05, 0.1) is 0 Å². The highest BCUT2D eigenvalue weighted by atomic mass is 19.4. The third kappa shape index (κ3) is 3.06. The highest BCUT2D eigenvalue weighted by Crippen LogP contribution is 2.48. The molecular weight excluding hydrogens is 338 g/mol. The topological polar surface area (TPSA) is 69.4 Å². The van der Waals surface area contributed by atoms with Crippen LogP contribution in [0.3, 0.4) is 0 Å². The standard InChI is InChI=1S/C9H7F8NO4/c10-6(11)8(14,15)9(16,17)7(12,13)2-22-5(19)3-1-4(3)18(20)21/h3-4,6H,1-2H2/t3-,4-/m1/s1. The summed E-state index contributed by atoms with van der Waals surface area (Å²) in [6, 6.07) is -1.44. The zero-order chi connectivity index (χ0) is 17.5. The van der Waals surface area contributed by atoms with Gasteiger partial charge in [-0.25, -0.2) is 8.78 Å². The van der Waals surface area contributed by atoms with E-state index in [4.69, 9.17) is 0 Å². The summed E-state index contributed by atoms with van der Waals surface area (Å²) in [5, 5.41) is 10.2. The van der Waals surface area contributed by atoms with Crippen molar-refractivity contribution in [2.75, 3.05) is 6.61 Å². The normalized spacial score (nSPS) is 22.6. The van der Waals surface area contributed by atoms with E-state index in [2.05, 4.69) is 4.74 Å². The molecule has 1 aliphatic rings. The third-order valence-electron chi connectivity index (χ3n) is 2.88. The molecule has 1 fully saturated rings. The van der Waals surface area contributed by atoms with Crippen molar-refractivity contribution in [2.24, 2.45) is 5.92 Å². The van der Waals surface area contributed by atoms with Gasteiger partial charge in [0, 0.05) is 11.3 Å². The molecule has 13 heteroatoms. The summed E-state index contributed by atoms with van der Waals surface area (Å²) in [6.45, 7) is -2.61. The average molecular weight is 345 g/mol. The van der Waals surface area contributed by atoms with E-state index < -0.39 is 53.7 Å². The molecular formula is C9H7F8NO4. The Labute approximate surface area is 116 Å². The highest BCUT2D eigenvalue weighted by molar-refractivity contribution is 5.76. The van der Waals surface area contributed by atoms with Crippen LogP contribution in [0.2, 0.25) is 0 Å². The molecule has 0 unspecified atom stereocenters. The maximum absolute atomic E-state index is 13.0. The molecule has 2 atom stereocenters. The Morgan fingerprint density at radius 2 is 1.73 bits per heavy atom. The fourth-order valence-corrected chi connectivity index (χ4v) is 1.41. The first-order valence-electron chi connectivity index (χ1n) is 5.47. The minimum atomic E-state index is -6.49. The van der Waals surface area contributed by atoms with Crippen molar-refractivity contribution in [3.05, 3.63) is 10.1 Å². The number of hydrogen-bond acceptors (Lipinski definition) is 4. The number of rotatable bonds is 7. The molecule has 0 N–H and O–H groups in total. The number of nitrogens with zero attached hydrogens (tertiary/aromatic N) is 1. The molecule has 0 aromatic rings. The van der Waals surface area contributed by atoms with Gasteiger partial charge in [-0.05, 0) is 0 Å². The van der Waals surface area contributed by atoms with Gasteiger partial charge in [0.1, 0.15) is 5.92 Å². The molecule has 1 rings (SSSR count). The van der Waals surface area contributed by atoms with Crippen molar-refractivity contribution < 1.29 is 49.6 Å². The van der Waals surface area contributed by atoms with Crippen molar-refractivity contribution in [1.29, 1.82) is 0 Å². The summed E-state index contributed by atoms with van der Waals surface area (Å²) in [5.41, 5.74) is 0. The molecule has 0 radical (unpaired) electrons. The van der Waals surface area contributed by atoms with Crippen LogP contribution >= 0.6 is 0 Å². The molecule has 1 aliphatic carbocycles. The van der Waals surface area contributed by atoms with E-state index in [1.54, 1.807) is 0 Å². The first kappa shape index (κ1) is 18.4. The maximum atomic E-state index is 13.0. The average Bonchev–Trinajstić information content (AvgIpc) is 3.15. The number of carbonyl (C=O) groups is 1.